The number of halogens is 1. The molecule has 0 fully saturated rings. The third kappa shape index (κ3) is 2.20. The molecule has 2 atom stereocenters. The van der Waals surface area contributed by atoms with E-state index in [-0.39, 0.29) is 12.1 Å². The second kappa shape index (κ2) is 5.13. The van der Waals surface area contributed by atoms with E-state index in [0.29, 0.717) is 5.95 Å². The molecule has 0 unspecified atom stereocenters. The Bertz CT molecular complexity index is 754. The molecule has 0 amide bonds. The predicted octanol–water partition coefficient (Wildman–Crippen LogP) is 3.53. The minimum atomic E-state index is 0.0389. The van der Waals surface area contributed by atoms with Crippen LogP contribution in [0.4, 0.5) is 5.95 Å². The molecule has 0 radical (unpaired) electrons. The van der Waals surface area contributed by atoms with E-state index in [4.69, 9.17) is 11.6 Å². The summed E-state index contributed by atoms with van der Waals surface area (Å²) in [5.74, 6) is 0.685. The molecule has 4 rings (SSSR count). The van der Waals surface area contributed by atoms with Crippen LogP contribution in [-0.2, 0) is 0 Å². The zero-order valence-electron chi connectivity index (χ0n) is 11.0. The summed E-state index contributed by atoms with van der Waals surface area (Å²) in [6.45, 7) is 0. The predicted molar refractivity (Wildman–Crippen MR) is 82.7 cm³/mol. The van der Waals surface area contributed by atoms with Crippen molar-refractivity contribution in [2.24, 2.45) is 0 Å². The Labute approximate surface area is 130 Å². The minimum Gasteiger partial charge on any atom is -0.345 e. The van der Waals surface area contributed by atoms with Crippen molar-refractivity contribution < 1.29 is 0 Å². The molecule has 0 spiro atoms. The molecule has 0 aliphatic carbocycles. The fourth-order valence-electron chi connectivity index (χ4n) is 2.72. The van der Waals surface area contributed by atoms with Gasteiger partial charge in [-0.2, -0.15) is 0 Å². The number of rotatable bonds is 2. The molecule has 1 aliphatic heterocycles. The van der Waals surface area contributed by atoms with Crippen molar-refractivity contribution in [3.8, 4) is 0 Å². The first-order valence-electron chi connectivity index (χ1n) is 6.65. The van der Waals surface area contributed by atoms with E-state index in [0.717, 1.165) is 17.0 Å². The van der Waals surface area contributed by atoms with Gasteiger partial charge in [0.25, 0.3) is 0 Å². The lowest BCUT2D eigenvalue weighted by atomic mass is 9.97. The Hall–Kier alpha value is -1.92. The normalized spacial score (nSPS) is 20.8. The number of anilines is 1. The van der Waals surface area contributed by atoms with Gasteiger partial charge in [-0.05, 0) is 39.9 Å². The molecule has 106 valence electrons. The highest BCUT2D eigenvalue weighted by Crippen LogP contribution is 2.40. The van der Waals surface area contributed by atoms with Crippen LogP contribution < -0.4 is 5.32 Å². The van der Waals surface area contributed by atoms with Crippen LogP contribution in [-0.4, -0.2) is 20.2 Å². The van der Waals surface area contributed by atoms with E-state index >= 15 is 0 Å². The maximum atomic E-state index is 6.36. The van der Waals surface area contributed by atoms with Crippen molar-refractivity contribution in [1.29, 1.82) is 0 Å². The summed E-state index contributed by atoms with van der Waals surface area (Å²) in [5, 5.41) is 18.2. The van der Waals surface area contributed by atoms with Gasteiger partial charge in [0.05, 0.1) is 12.1 Å². The first-order chi connectivity index (χ1) is 10.3. The highest BCUT2D eigenvalue weighted by Gasteiger charge is 2.31. The van der Waals surface area contributed by atoms with Crippen LogP contribution in [0.3, 0.4) is 0 Å². The summed E-state index contributed by atoms with van der Waals surface area (Å²) in [6.07, 6.45) is 0.863. The van der Waals surface area contributed by atoms with Gasteiger partial charge < -0.3 is 5.32 Å². The zero-order chi connectivity index (χ0) is 14.2. The van der Waals surface area contributed by atoms with Gasteiger partial charge in [-0.15, -0.1) is 11.3 Å². The van der Waals surface area contributed by atoms with Crippen LogP contribution in [0.25, 0.3) is 0 Å². The molecule has 7 heteroatoms. The van der Waals surface area contributed by atoms with Crippen LogP contribution in [0.15, 0.2) is 41.8 Å². The van der Waals surface area contributed by atoms with Gasteiger partial charge in [0.2, 0.25) is 5.95 Å². The number of fused-ring (bicyclic) bond motifs is 1. The first kappa shape index (κ1) is 12.8. The van der Waals surface area contributed by atoms with E-state index < -0.39 is 0 Å². The number of thiophene rings is 1. The average Bonchev–Trinajstić information content (AvgIpc) is 3.18. The standard InChI is InChI=1S/C14H12ClN5S/c15-10-5-2-1-4-9(10)12-8-11(13-6-3-7-21-13)16-14-17-18-19-20(12)14/h1-7,11-12H,8H2,(H,16,17,19)/t11-,12-/m1/s1. The summed E-state index contributed by atoms with van der Waals surface area (Å²) >= 11 is 8.10. The topological polar surface area (TPSA) is 55.6 Å². The summed E-state index contributed by atoms with van der Waals surface area (Å²) in [7, 11) is 0. The van der Waals surface area contributed by atoms with Gasteiger partial charge in [0, 0.05) is 9.90 Å². The van der Waals surface area contributed by atoms with Crippen LogP contribution in [0.5, 0.6) is 0 Å². The largest absolute Gasteiger partial charge is 0.345 e. The van der Waals surface area contributed by atoms with Crippen molar-refractivity contribution in [1.82, 2.24) is 20.2 Å². The molecule has 1 N–H and O–H groups in total. The number of hydrogen-bond acceptors (Lipinski definition) is 5. The van der Waals surface area contributed by atoms with Gasteiger partial charge in [0.1, 0.15) is 0 Å². The third-order valence-corrected chi connectivity index (χ3v) is 5.03. The molecule has 3 aromatic rings. The lowest BCUT2D eigenvalue weighted by molar-refractivity contribution is 0.426. The first-order valence-corrected chi connectivity index (χ1v) is 7.91. The fourth-order valence-corrected chi connectivity index (χ4v) is 3.77. The summed E-state index contributed by atoms with van der Waals surface area (Å²) in [4.78, 5) is 1.28. The Balaban J connectivity index is 1.78. The summed E-state index contributed by atoms with van der Waals surface area (Å²) in [5.41, 5.74) is 1.05. The zero-order valence-corrected chi connectivity index (χ0v) is 12.6. The van der Waals surface area contributed by atoms with Gasteiger partial charge in [-0.1, -0.05) is 41.0 Å². The van der Waals surface area contributed by atoms with Crippen LogP contribution in [0.1, 0.15) is 28.9 Å². The molecule has 0 bridgehead atoms. The molecule has 0 saturated carbocycles. The Morgan fingerprint density at radius 1 is 1.24 bits per heavy atom. The molecule has 0 saturated heterocycles. The van der Waals surface area contributed by atoms with Gasteiger partial charge in [-0.3, -0.25) is 0 Å². The number of nitrogens with zero attached hydrogens (tertiary/aromatic N) is 4. The van der Waals surface area contributed by atoms with Crippen LogP contribution in [0, 0.1) is 0 Å². The van der Waals surface area contributed by atoms with E-state index in [1.165, 1.54) is 4.88 Å². The Kier molecular flexibility index (Phi) is 3.12. The van der Waals surface area contributed by atoms with Crippen molar-refractivity contribution in [3.63, 3.8) is 0 Å². The monoisotopic (exact) mass is 317 g/mol. The van der Waals surface area contributed by atoms with Crippen molar-refractivity contribution in [2.75, 3.05) is 5.32 Å². The Morgan fingerprint density at radius 2 is 2.14 bits per heavy atom. The quantitative estimate of drug-likeness (QED) is 0.785. The van der Waals surface area contributed by atoms with Crippen LogP contribution in [0.2, 0.25) is 5.02 Å². The van der Waals surface area contributed by atoms with Crippen molar-refractivity contribution in [3.05, 3.63) is 57.2 Å². The van der Waals surface area contributed by atoms with Crippen molar-refractivity contribution in [2.45, 2.75) is 18.5 Å². The fraction of sp³-hybridized carbons (Fsp3) is 0.214. The van der Waals surface area contributed by atoms with Gasteiger partial charge in [0.15, 0.2) is 0 Å². The van der Waals surface area contributed by atoms with Crippen molar-refractivity contribution >= 4 is 28.9 Å². The number of tetrazole rings is 1. The molecule has 5 nitrogen and oxygen atoms in total. The van der Waals surface area contributed by atoms with Gasteiger partial charge >= 0.3 is 0 Å². The maximum Gasteiger partial charge on any atom is 0.244 e. The van der Waals surface area contributed by atoms with E-state index in [2.05, 4.69) is 38.4 Å². The third-order valence-electron chi connectivity index (χ3n) is 3.70. The average molecular weight is 318 g/mol. The molecular weight excluding hydrogens is 306 g/mol. The molecular formula is C14H12ClN5S. The minimum absolute atomic E-state index is 0.0389. The molecule has 1 aromatic carbocycles. The second-order valence-corrected chi connectivity index (χ2v) is 6.32. The van der Waals surface area contributed by atoms with Crippen LogP contribution >= 0.6 is 22.9 Å². The number of benzene rings is 1. The summed E-state index contributed by atoms with van der Waals surface area (Å²) in [6, 6.07) is 12.3. The lowest BCUT2D eigenvalue weighted by Crippen LogP contribution is -2.27. The summed E-state index contributed by atoms with van der Waals surface area (Å²) < 4.78 is 1.81. The van der Waals surface area contributed by atoms with E-state index in [9.17, 15) is 0 Å². The maximum absolute atomic E-state index is 6.36. The van der Waals surface area contributed by atoms with Gasteiger partial charge in [-0.25, -0.2) is 4.68 Å². The number of aromatic nitrogens is 4. The molecule has 3 heterocycles. The number of hydrogen-bond donors (Lipinski definition) is 1. The van der Waals surface area contributed by atoms with E-state index in [1.54, 1.807) is 11.3 Å². The Morgan fingerprint density at radius 3 is 2.95 bits per heavy atom. The highest BCUT2D eigenvalue weighted by molar-refractivity contribution is 7.10. The lowest BCUT2D eigenvalue weighted by Gasteiger charge is -2.30. The van der Waals surface area contributed by atoms with E-state index in [1.807, 2.05) is 28.9 Å². The number of nitrogens with one attached hydrogen (secondary N) is 1. The SMILES string of the molecule is Clc1ccccc1[C@H]1C[C@H](c2cccs2)Nc2nnnn21. The molecule has 2 aromatic heterocycles. The smallest absolute Gasteiger partial charge is 0.244 e. The highest BCUT2D eigenvalue weighted by atomic mass is 35.5. The molecule has 1 aliphatic rings. The molecule has 21 heavy (non-hydrogen) atoms. The second-order valence-electron chi connectivity index (χ2n) is 4.93.